The largest absolute Gasteiger partial charge is 0.487 e. The van der Waals surface area contributed by atoms with Crippen molar-refractivity contribution < 1.29 is 18.3 Å². The fraction of sp³-hybridized carbons (Fsp3) is 0.0909. The first-order chi connectivity index (χ1) is 15.9. The lowest BCUT2D eigenvalue weighted by Crippen LogP contribution is -2.16. The standard InChI is InChI=1S/C22H14ClF2N5O2S/c23-22(24,25)32-17-3-1-15(2-4-17)29-21(31)13-5-18(14-7-26-11-27-8-14)20-19(6-13)28-12-30(20)16-9-33-10-16/h1-9,11-12H,10H2,(H,29,31). The molecule has 0 spiro atoms. The van der Waals surface area contributed by atoms with Crippen LogP contribution in [0, 0.1) is 0 Å². The molecule has 11 heteroatoms. The number of halogens is 3. The maximum Gasteiger partial charge on any atom is 0.487 e. The number of rotatable bonds is 6. The number of imidazole rings is 1. The number of nitrogens with one attached hydrogen (secondary N) is 1. The van der Waals surface area contributed by atoms with Crippen molar-refractivity contribution in [2.45, 2.75) is 5.57 Å². The van der Waals surface area contributed by atoms with Gasteiger partial charge >= 0.3 is 5.57 Å². The second kappa shape index (κ2) is 8.45. The van der Waals surface area contributed by atoms with E-state index in [-0.39, 0.29) is 11.7 Å². The van der Waals surface area contributed by atoms with E-state index in [9.17, 15) is 13.6 Å². The van der Waals surface area contributed by atoms with Gasteiger partial charge in [0.15, 0.2) is 0 Å². The van der Waals surface area contributed by atoms with Gasteiger partial charge < -0.3 is 14.6 Å². The Bertz CT molecular complexity index is 1370. The van der Waals surface area contributed by atoms with E-state index >= 15 is 0 Å². The Labute approximate surface area is 195 Å². The van der Waals surface area contributed by atoms with Gasteiger partial charge in [0.2, 0.25) is 0 Å². The fourth-order valence-electron chi connectivity index (χ4n) is 3.38. The number of alkyl halides is 3. The van der Waals surface area contributed by atoms with Crippen LogP contribution in [0.1, 0.15) is 10.4 Å². The molecular weight excluding hydrogens is 472 g/mol. The number of hydrogen-bond acceptors (Lipinski definition) is 6. The Balaban J connectivity index is 1.49. The molecule has 1 N–H and O–H groups in total. The molecule has 0 atom stereocenters. The number of fused-ring (bicyclic) bond motifs is 1. The molecular formula is C22H14ClF2N5O2S. The van der Waals surface area contributed by atoms with Crippen LogP contribution in [0.2, 0.25) is 0 Å². The van der Waals surface area contributed by atoms with E-state index in [1.165, 1.54) is 30.6 Å². The van der Waals surface area contributed by atoms with E-state index < -0.39 is 5.57 Å². The van der Waals surface area contributed by atoms with E-state index in [0.717, 1.165) is 28.1 Å². The molecule has 0 saturated carbocycles. The van der Waals surface area contributed by atoms with Gasteiger partial charge in [0.25, 0.3) is 5.91 Å². The minimum atomic E-state index is -3.81. The summed E-state index contributed by atoms with van der Waals surface area (Å²) < 4.78 is 31.8. The number of nitrogens with zero attached hydrogens (tertiary/aromatic N) is 4. The molecule has 33 heavy (non-hydrogen) atoms. The van der Waals surface area contributed by atoms with Crippen LogP contribution in [0.5, 0.6) is 5.75 Å². The summed E-state index contributed by atoms with van der Waals surface area (Å²) in [6, 6.07) is 8.91. The molecule has 1 amide bonds. The topological polar surface area (TPSA) is 81.9 Å². The third-order valence-electron chi connectivity index (χ3n) is 4.88. The average Bonchev–Trinajstić information content (AvgIpc) is 3.16. The normalized spacial score (nSPS) is 13.4. The van der Waals surface area contributed by atoms with Gasteiger partial charge in [0.05, 0.1) is 11.0 Å². The van der Waals surface area contributed by atoms with Gasteiger partial charge in [0, 0.05) is 57.8 Å². The first-order valence-electron chi connectivity index (χ1n) is 9.62. The summed E-state index contributed by atoms with van der Waals surface area (Å²) in [5.74, 6) is 0.349. The Kier molecular flexibility index (Phi) is 5.47. The minimum Gasteiger partial charge on any atom is -0.420 e. The summed E-state index contributed by atoms with van der Waals surface area (Å²) in [5.41, 5.74) is 1.09. The van der Waals surface area contributed by atoms with Crippen molar-refractivity contribution in [2.75, 3.05) is 11.1 Å². The van der Waals surface area contributed by atoms with Crippen LogP contribution in [-0.2, 0) is 0 Å². The molecule has 0 radical (unpaired) electrons. The smallest absolute Gasteiger partial charge is 0.420 e. The zero-order valence-corrected chi connectivity index (χ0v) is 18.3. The lowest BCUT2D eigenvalue weighted by molar-refractivity contribution is -0.0964. The number of benzene rings is 2. The highest BCUT2D eigenvalue weighted by Crippen LogP contribution is 2.35. The monoisotopic (exact) mass is 485 g/mol. The third kappa shape index (κ3) is 4.53. The van der Waals surface area contributed by atoms with Crippen molar-refractivity contribution in [3.63, 3.8) is 0 Å². The predicted molar refractivity (Wildman–Crippen MR) is 123 cm³/mol. The quantitative estimate of drug-likeness (QED) is 0.365. The number of hydrogen-bond donors (Lipinski definition) is 1. The van der Waals surface area contributed by atoms with E-state index in [1.54, 1.807) is 42.6 Å². The average molecular weight is 486 g/mol. The molecule has 0 aliphatic carbocycles. The van der Waals surface area contributed by atoms with Gasteiger partial charge in [-0.05, 0) is 41.8 Å². The molecule has 2 aromatic heterocycles. The summed E-state index contributed by atoms with van der Waals surface area (Å²) in [4.78, 5) is 25.7. The second-order valence-electron chi connectivity index (χ2n) is 7.08. The van der Waals surface area contributed by atoms with Gasteiger partial charge in [-0.3, -0.25) is 4.79 Å². The van der Waals surface area contributed by atoms with Crippen LogP contribution in [-0.4, -0.2) is 36.7 Å². The van der Waals surface area contributed by atoms with Crippen molar-refractivity contribution in [1.82, 2.24) is 19.5 Å². The van der Waals surface area contributed by atoms with Gasteiger partial charge in [-0.2, -0.15) is 0 Å². The number of carbonyl (C=O) groups excluding carboxylic acids is 1. The Morgan fingerprint density at radius 1 is 1.18 bits per heavy atom. The summed E-state index contributed by atoms with van der Waals surface area (Å²) in [6.07, 6.45) is 6.52. The molecule has 4 aromatic rings. The molecule has 0 saturated heterocycles. The third-order valence-corrected chi connectivity index (χ3v) is 5.86. The molecule has 166 valence electrons. The SMILES string of the molecule is O=C(Nc1ccc(OC(F)(F)Cl)cc1)c1cc(-c2cncnc2)c2c(c1)ncn2C1=CSC1. The number of amides is 1. The van der Waals surface area contributed by atoms with Gasteiger partial charge in [0.1, 0.15) is 18.4 Å². The first kappa shape index (κ1) is 21.4. The second-order valence-corrected chi connectivity index (χ2v) is 8.38. The molecule has 0 bridgehead atoms. The van der Waals surface area contributed by atoms with E-state index in [2.05, 4.69) is 30.4 Å². The van der Waals surface area contributed by atoms with E-state index in [4.69, 9.17) is 11.6 Å². The number of thioether (sulfide) groups is 1. The highest BCUT2D eigenvalue weighted by atomic mass is 35.5. The van der Waals surface area contributed by atoms with E-state index in [0.29, 0.717) is 16.8 Å². The number of carbonyl (C=O) groups is 1. The Morgan fingerprint density at radius 2 is 1.91 bits per heavy atom. The van der Waals surface area contributed by atoms with E-state index in [1.807, 2.05) is 4.57 Å². The summed E-state index contributed by atoms with van der Waals surface area (Å²) in [7, 11) is 0. The summed E-state index contributed by atoms with van der Waals surface area (Å²) in [6.45, 7) is 0. The predicted octanol–water partition coefficient (Wildman–Crippen LogP) is 5.46. The minimum absolute atomic E-state index is 0.130. The molecule has 0 fully saturated rings. The maximum atomic E-state index is 13.0. The maximum absolute atomic E-state index is 13.0. The van der Waals surface area contributed by atoms with Crippen molar-refractivity contribution in [1.29, 1.82) is 0 Å². The van der Waals surface area contributed by atoms with Gasteiger partial charge in [-0.15, -0.1) is 20.5 Å². The molecule has 5 rings (SSSR count). The summed E-state index contributed by atoms with van der Waals surface area (Å²) in [5, 5.41) is 4.80. The zero-order chi connectivity index (χ0) is 23.0. The van der Waals surface area contributed by atoms with Gasteiger partial charge in [-0.25, -0.2) is 15.0 Å². The summed E-state index contributed by atoms with van der Waals surface area (Å²) >= 11 is 6.48. The lowest BCUT2D eigenvalue weighted by Gasteiger charge is -2.17. The van der Waals surface area contributed by atoms with Crippen molar-refractivity contribution in [3.05, 3.63) is 72.4 Å². The van der Waals surface area contributed by atoms with Crippen molar-refractivity contribution in [2.24, 2.45) is 0 Å². The zero-order valence-electron chi connectivity index (χ0n) is 16.7. The molecule has 0 unspecified atom stereocenters. The Hall–Kier alpha value is -3.50. The molecule has 2 aromatic carbocycles. The number of aromatic nitrogens is 4. The number of ether oxygens (including phenoxy) is 1. The van der Waals surface area contributed by atoms with Gasteiger partial charge in [-0.1, -0.05) is 0 Å². The molecule has 7 nitrogen and oxygen atoms in total. The molecule has 1 aliphatic heterocycles. The number of anilines is 1. The van der Waals surface area contributed by atoms with Crippen molar-refractivity contribution >= 4 is 51.7 Å². The van der Waals surface area contributed by atoms with Crippen LogP contribution < -0.4 is 10.1 Å². The van der Waals surface area contributed by atoms with Crippen LogP contribution in [0.25, 0.3) is 27.9 Å². The van der Waals surface area contributed by atoms with Crippen LogP contribution in [0.15, 0.2) is 66.9 Å². The van der Waals surface area contributed by atoms with Crippen LogP contribution in [0.3, 0.4) is 0 Å². The van der Waals surface area contributed by atoms with Crippen LogP contribution >= 0.6 is 23.4 Å². The Morgan fingerprint density at radius 3 is 2.55 bits per heavy atom. The fourth-order valence-corrected chi connectivity index (χ4v) is 4.04. The van der Waals surface area contributed by atoms with Crippen LogP contribution in [0.4, 0.5) is 14.5 Å². The molecule has 3 heterocycles. The molecule has 1 aliphatic rings. The first-order valence-corrected chi connectivity index (χ1v) is 11.0. The highest BCUT2D eigenvalue weighted by molar-refractivity contribution is 8.04. The van der Waals surface area contributed by atoms with Crippen molar-refractivity contribution in [3.8, 4) is 16.9 Å². The lowest BCUT2D eigenvalue weighted by atomic mass is 10.0. The highest BCUT2D eigenvalue weighted by Gasteiger charge is 2.27.